The van der Waals surface area contributed by atoms with Crippen LogP contribution in [0.15, 0.2) is 43.0 Å². The molecule has 1 N–H and O–H groups in total. The van der Waals surface area contributed by atoms with Crippen molar-refractivity contribution in [2.24, 2.45) is 5.92 Å². The van der Waals surface area contributed by atoms with E-state index >= 15 is 0 Å². The lowest BCUT2D eigenvalue weighted by Gasteiger charge is -2.45. The van der Waals surface area contributed by atoms with Crippen molar-refractivity contribution in [3.8, 4) is 0 Å². The van der Waals surface area contributed by atoms with Gasteiger partial charge in [-0.1, -0.05) is 50.8 Å². The Bertz CT molecular complexity index is 774. The van der Waals surface area contributed by atoms with Crippen molar-refractivity contribution in [3.63, 3.8) is 0 Å². The van der Waals surface area contributed by atoms with E-state index in [4.69, 9.17) is 0 Å². The minimum absolute atomic E-state index is 0.0329. The lowest BCUT2D eigenvalue weighted by atomic mass is 9.71. The lowest BCUT2D eigenvalue weighted by molar-refractivity contribution is -0.143. The summed E-state index contributed by atoms with van der Waals surface area (Å²) in [6, 6.07) is 10.1. The van der Waals surface area contributed by atoms with Gasteiger partial charge in [-0.05, 0) is 37.3 Å². The standard InChI is InChI=1S/C24H33N3O3/c1-4-21(28)26-16-12-24(13-17-26,19-8-6-5-7-9-19)23(30)27-14-10-20(11-15-27)25-22(29)18(2)3/h4-9,18,20H,1,10-17H2,2-3H3,(H,25,29). The van der Waals surface area contributed by atoms with Crippen LogP contribution in [0.3, 0.4) is 0 Å². The molecule has 0 bridgehead atoms. The maximum atomic E-state index is 13.8. The Morgan fingerprint density at radius 3 is 2.17 bits per heavy atom. The molecular formula is C24H33N3O3. The fourth-order valence-electron chi connectivity index (χ4n) is 4.52. The molecule has 162 valence electrons. The van der Waals surface area contributed by atoms with Gasteiger partial charge in [0.25, 0.3) is 0 Å². The number of amides is 3. The molecule has 2 saturated heterocycles. The number of benzene rings is 1. The zero-order valence-electron chi connectivity index (χ0n) is 18.1. The monoisotopic (exact) mass is 411 g/mol. The molecule has 0 saturated carbocycles. The van der Waals surface area contributed by atoms with Crippen molar-refractivity contribution in [2.45, 2.75) is 51.0 Å². The van der Waals surface area contributed by atoms with E-state index in [-0.39, 0.29) is 29.7 Å². The van der Waals surface area contributed by atoms with Crippen LogP contribution in [0.25, 0.3) is 0 Å². The molecule has 2 fully saturated rings. The van der Waals surface area contributed by atoms with Crippen LogP contribution < -0.4 is 5.32 Å². The normalized spacial score (nSPS) is 19.4. The maximum absolute atomic E-state index is 13.8. The van der Waals surface area contributed by atoms with Crippen molar-refractivity contribution >= 4 is 17.7 Å². The second-order valence-electron chi connectivity index (χ2n) is 8.71. The third-order valence-electron chi connectivity index (χ3n) is 6.49. The van der Waals surface area contributed by atoms with E-state index in [9.17, 15) is 14.4 Å². The summed E-state index contributed by atoms with van der Waals surface area (Å²) in [4.78, 5) is 41.5. The Kier molecular flexibility index (Phi) is 6.95. The molecule has 0 aromatic heterocycles. The first-order chi connectivity index (χ1) is 14.4. The first kappa shape index (κ1) is 22.1. The summed E-state index contributed by atoms with van der Waals surface area (Å²) in [5.74, 6) is 0.105. The molecule has 2 heterocycles. The van der Waals surface area contributed by atoms with Gasteiger partial charge in [0.05, 0.1) is 5.41 Å². The average molecular weight is 412 g/mol. The Balaban J connectivity index is 1.72. The third-order valence-corrected chi connectivity index (χ3v) is 6.49. The topological polar surface area (TPSA) is 69.7 Å². The molecule has 1 aromatic carbocycles. The summed E-state index contributed by atoms with van der Waals surface area (Å²) >= 11 is 0. The molecule has 1 aromatic rings. The van der Waals surface area contributed by atoms with Crippen LogP contribution in [0.4, 0.5) is 0 Å². The van der Waals surface area contributed by atoms with Crippen LogP contribution in [0, 0.1) is 5.92 Å². The van der Waals surface area contributed by atoms with Crippen LogP contribution in [-0.2, 0) is 19.8 Å². The molecule has 0 aliphatic carbocycles. The Hall–Kier alpha value is -2.63. The third kappa shape index (κ3) is 4.58. The van der Waals surface area contributed by atoms with E-state index in [0.717, 1.165) is 18.4 Å². The van der Waals surface area contributed by atoms with Gasteiger partial charge in [-0.25, -0.2) is 0 Å². The zero-order valence-corrected chi connectivity index (χ0v) is 18.1. The molecular weight excluding hydrogens is 378 g/mol. The molecule has 30 heavy (non-hydrogen) atoms. The van der Waals surface area contributed by atoms with Gasteiger partial charge in [0.1, 0.15) is 0 Å². The van der Waals surface area contributed by atoms with Crippen LogP contribution in [0.1, 0.15) is 45.1 Å². The Morgan fingerprint density at radius 1 is 1.03 bits per heavy atom. The van der Waals surface area contributed by atoms with Crippen LogP contribution in [-0.4, -0.2) is 59.7 Å². The van der Waals surface area contributed by atoms with Gasteiger partial charge in [-0.15, -0.1) is 0 Å². The molecule has 0 spiro atoms. The molecule has 3 amide bonds. The summed E-state index contributed by atoms with van der Waals surface area (Å²) < 4.78 is 0. The Labute approximate surface area is 179 Å². The molecule has 0 unspecified atom stereocenters. The quantitative estimate of drug-likeness (QED) is 0.757. The number of hydrogen-bond acceptors (Lipinski definition) is 3. The largest absolute Gasteiger partial charge is 0.353 e. The highest BCUT2D eigenvalue weighted by Crippen LogP contribution is 2.38. The number of nitrogens with one attached hydrogen (secondary N) is 1. The van der Waals surface area contributed by atoms with Gasteiger partial charge < -0.3 is 15.1 Å². The number of rotatable bonds is 5. The predicted octanol–water partition coefficient (Wildman–Crippen LogP) is 2.50. The number of likely N-dealkylation sites (tertiary alicyclic amines) is 2. The van der Waals surface area contributed by atoms with Gasteiger partial charge in [0, 0.05) is 38.1 Å². The minimum atomic E-state index is -0.604. The number of nitrogens with zero attached hydrogens (tertiary/aromatic N) is 2. The van der Waals surface area contributed by atoms with Crippen LogP contribution in [0.2, 0.25) is 0 Å². The predicted molar refractivity (Wildman–Crippen MR) is 117 cm³/mol. The van der Waals surface area contributed by atoms with Crippen molar-refractivity contribution in [2.75, 3.05) is 26.2 Å². The second kappa shape index (κ2) is 9.45. The summed E-state index contributed by atoms with van der Waals surface area (Å²) in [5, 5.41) is 3.09. The van der Waals surface area contributed by atoms with Crippen molar-refractivity contribution in [3.05, 3.63) is 48.6 Å². The highest BCUT2D eigenvalue weighted by Gasteiger charge is 2.46. The summed E-state index contributed by atoms with van der Waals surface area (Å²) in [6.45, 7) is 9.75. The van der Waals surface area contributed by atoms with E-state index in [0.29, 0.717) is 39.0 Å². The van der Waals surface area contributed by atoms with Gasteiger partial charge in [-0.3, -0.25) is 14.4 Å². The van der Waals surface area contributed by atoms with E-state index in [1.54, 1.807) is 4.90 Å². The fourth-order valence-corrected chi connectivity index (χ4v) is 4.52. The van der Waals surface area contributed by atoms with E-state index in [2.05, 4.69) is 11.9 Å². The van der Waals surface area contributed by atoms with Gasteiger partial charge in [0.2, 0.25) is 17.7 Å². The average Bonchev–Trinajstić information content (AvgIpc) is 2.79. The van der Waals surface area contributed by atoms with Gasteiger partial charge >= 0.3 is 0 Å². The molecule has 6 nitrogen and oxygen atoms in total. The number of carbonyl (C=O) groups is 3. The molecule has 0 radical (unpaired) electrons. The van der Waals surface area contributed by atoms with Gasteiger partial charge in [0.15, 0.2) is 0 Å². The fraction of sp³-hybridized carbons (Fsp3) is 0.542. The molecule has 3 rings (SSSR count). The first-order valence-corrected chi connectivity index (χ1v) is 10.9. The van der Waals surface area contributed by atoms with E-state index in [1.165, 1.54) is 6.08 Å². The molecule has 0 atom stereocenters. The van der Waals surface area contributed by atoms with Gasteiger partial charge in [-0.2, -0.15) is 0 Å². The Morgan fingerprint density at radius 2 is 1.63 bits per heavy atom. The smallest absolute Gasteiger partial charge is 0.245 e. The number of hydrogen-bond donors (Lipinski definition) is 1. The van der Waals surface area contributed by atoms with Crippen molar-refractivity contribution in [1.82, 2.24) is 15.1 Å². The van der Waals surface area contributed by atoms with Crippen LogP contribution in [0.5, 0.6) is 0 Å². The zero-order chi connectivity index (χ0) is 21.7. The first-order valence-electron chi connectivity index (χ1n) is 10.9. The highest BCUT2D eigenvalue weighted by atomic mass is 16.2. The molecule has 2 aliphatic heterocycles. The van der Waals surface area contributed by atoms with E-state index < -0.39 is 5.41 Å². The SMILES string of the molecule is C=CC(=O)N1CCC(C(=O)N2CCC(NC(=O)C(C)C)CC2)(c2ccccc2)CC1. The summed E-state index contributed by atoms with van der Waals surface area (Å²) in [6.07, 6.45) is 4.11. The summed E-state index contributed by atoms with van der Waals surface area (Å²) in [5.41, 5.74) is 0.420. The molecule has 2 aliphatic rings. The summed E-state index contributed by atoms with van der Waals surface area (Å²) in [7, 11) is 0. The minimum Gasteiger partial charge on any atom is -0.353 e. The van der Waals surface area contributed by atoms with Crippen LogP contribution >= 0.6 is 0 Å². The molecule has 6 heteroatoms. The maximum Gasteiger partial charge on any atom is 0.245 e. The van der Waals surface area contributed by atoms with Crippen molar-refractivity contribution in [1.29, 1.82) is 0 Å². The lowest BCUT2D eigenvalue weighted by Crippen LogP contribution is -2.56. The number of carbonyl (C=O) groups excluding carboxylic acids is 3. The highest BCUT2D eigenvalue weighted by molar-refractivity contribution is 5.90. The second-order valence-corrected chi connectivity index (χ2v) is 8.71. The number of piperidine rings is 2. The van der Waals surface area contributed by atoms with Crippen molar-refractivity contribution < 1.29 is 14.4 Å². The van der Waals surface area contributed by atoms with E-state index in [1.807, 2.05) is 49.1 Å².